The molecule has 2 unspecified atom stereocenters. The van der Waals surface area contributed by atoms with Crippen molar-refractivity contribution in [3.05, 3.63) is 95.5 Å². The molecular formula is C40H44ClN7O6. The lowest BCUT2D eigenvalue weighted by Crippen LogP contribution is -2.63. The van der Waals surface area contributed by atoms with Crippen LogP contribution in [0.4, 0.5) is 17.4 Å². The number of amides is 4. The maximum absolute atomic E-state index is 14.3. The van der Waals surface area contributed by atoms with Crippen molar-refractivity contribution < 1.29 is 28.4 Å². The predicted molar refractivity (Wildman–Crippen MR) is 207 cm³/mol. The Morgan fingerprint density at radius 3 is 2.41 bits per heavy atom. The zero-order valence-electron chi connectivity index (χ0n) is 30.2. The quantitative estimate of drug-likeness (QED) is 0.136. The van der Waals surface area contributed by atoms with Crippen LogP contribution in [0, 0.1) is 5.92 Å². The molecule has 13 nitrogen and oxygen atoms in total. The summed E-state index contributed by atoms with van der Waals surface area (Å²) in [6.07, 6.45) is 5.35. The lowest BCUT2D eigenvalue weighted by molar-refractivity contribution is -0.141. The van der Waals surface area contributed by atoms with Gasteiger partial charge in [-0.1, -0.05) is 74.0 Å². The molecular weight excluding hydrogens is 710 g/mol. The molecule has 1 fully saturated rings. The second-order valence-corrected chi connectivity index (χ2v) is 14.3. The van der Waals surface area contributed by atoms with Gasteiger partial charge in [-0.25, -0.2) is 0 Å². The maximum atomic E-state index is 14.3. The Hall–Kier alpha value is -5.53. The maximum Gasteiger partial charge on any atom is 0.296 e. The van der Waals surface area contributed by atoms with Gasteiger partial charge >= 0.3 is 0 Å². The first-order chi connectivity index (χ1) is 26.0. The number of oxazole rings is 1. The number of carbonyl (C=O) groups is 5. The minimum Gasteiger partial charge on any atom is -0.424 e. The van der Waals surface area contributed by atoms with Gasteiger partial charge in [0.25, 0.3) is 11.9 Å². The Morgan fingerprint density at radius 1 is 0.944 bits per heavy atom. The first kappa shape index (κ1) is 38.2. The number of allylic oxidation sites excluding steroid dienone is 1. The highest BCUT2D eigenvalue weighted by molar-refractivity contribution is 6.43. The molecule has 2 aliphatic heterocycles. The summed E-state index contributed by atoms with van der Waals surface area (Å²) in [5, 5.41) is 12.0. The molecule has 1 aromatic heterocycles. The van der Waals surface area contributed by atoms with Crippen LogP contribution < -0.4 is 21.3 Å². The summed E-state index contributed by atoms with van der Waals surface area (Å²) in [5.74, 6) is -2.93. The summed E-state index contributed by atoms with van der Waals surface area (Å²) >= 11 is 6.15. The molecule has 2 aliphatic rings. The first-order valence-electron chi connectivity index (χ1n) is 18.2. The van der Waals surface area contributed by atoms with E-state index >= 15 is 0 Å². The van der Waals surface area contributed by atoms with E-state index in [1.54, 1.807) is 53.4 Å². The van der Waals surface area contributed by atoms with E-state index in [9.17, 15) is 24.0 Å². The van der Waals surface area contributed by atoms with Crippen LogP contribution in [-0.4, -0.2) is 82.0 Å². The van der Waals surface area contributed by atoms with E-state index in [0.29, 0.717) is 60.7 Å². The van der Waals surface area contributed by atoms with Crippen molar-refractivity contribution in [1.29, 1.82) is 0 Å². The number of hydrogen-bond donors (Lipinski definition) is 4. The first-order valence-corrected chi connectivity index (χ1v) is 18.5. The Balaban J connectivity index is 1.23. The summed E-state index contributed by atoms with van der Waals surface area (Å²) in [6, 6.07) is 18.6. The van der Waals surface area contributed by atoms with Gasteiger partial charge in [0, 0.05) is 37.6 Å². The van der Waals surface area contributed by atoms with Crippen LogP contribution in [0.1, 0.15) is 45.1 Å². The molecule has 282 valence electrons. The smallest absolute Gasteiger partial charge is 0.296 e. The van der Waals surface area contributed by atoms with Gasteiger partial charge in [-0.15, -0.1) is 0 Å². The molecule has 0 radical (unpaired) electrons. The number of aromatic nitrogens is 1. The third-order valence-corrected chi connectivity index (χ3v) is 9.77. The number of hydrogen-bond acceptors (Lipinski definition) is 9. The highest BCUT2D eigenvalue weighted by Gasteiger charge is 2.39. The Bertz CT molecular complexity index is 2000. The Morgan fingerprint density at radius 2 is 1.67 bits per heavy atom. The van der Waals surface area contributed by atoms with Crippen molar-refractivity contribution in [3.63, 3.8) is 0 Å². The molecule has 14 heteroatoms. The lowest BCUT2D eigenvalue weighted by atomic mass is 10.0. The number of nitrogens with zero attached hydrogens (tertiary/aromatic N) is 3. The molecule has 4 aromatic rings. The van der Waals surface area contributed by atoms with Gasteiger partial charge in [0.05, 0.1) is 11.4 Å². The summed E-state index contributed by atoms with van der Waals surface area (Å²) in [5.41, 5.74) is 2.79. The summed E-state index contributed by atoms with van der Waals surface area (Å²) < 4.78 is 5.86. The minimum atomic E-state index is -1.28. The van der Waals surface area contributed by atoms with Crippen LogP contribution in [0.15, 0.2) is 89.4 Å². The molecule has 0 bridgehead atoms. The molecule has 1 saturated heterocycles. The van der Waals surface area contributed by atoms with Crippen LogP contribution in [-0.2, 0) is 30.5 Å². The lowest BCUT2D eigenvalue weighted by Gasteiger charge is -2.42. The highest BCUT2D eigenvalue weighted by Crippen LogP contribution is 2.24. The number of anilines is 3. The fraction of sp³-hybridized carbons (Fsp3) is 0.350. The molecule has 0 aliphatic carbocycles. The third kappa shape index (κ3) is 9.52. The minimum absolute atomic E-state index is 0.0284. The van der Waals surface area contributed by atoms with Crippen molar-refractivity contribution >= 4 is 69.5 Å². The van der Waals surface area contributed by atoms with Crippen LogP contribution in [0.5, 0.6) is 0 Å². The Labute approximate surface area is 318 Å². The summed E-state index contributed by atoms with van der Waals surface area (Å²) in [4.78, 5) is 76.2. The number of halogens is 1. The zero-order valence-corrected chi connectivity index (χ0v) is 31.0. The van der Waals surface area contributed by atoms with Gasteiger partial charge in [0.1, 0.15) is 23.6 Å². The number of para-hydroxylation sites is 4. The topological polar surface area (TPSA) is 166 Å². The van der Waals surface area contributed by atoms with E-state index in [1.165, 1.54) is 6.08 Å². The summed E-state index contributed by atoms with van der Waals surface area (Å²) in [6.45, 7) is 4.95. The number of carbonyl (C=O) groups excluding carboxylic acids is 5. The van der Waals surface area contributed by atoms with Gasteiger partial charge in [-0.05, 0) is 67.1 Å². The van der Waals surface area contributed by atoms with Crippen molar-refractivity contribution in [3.8, 4) is 0 Å². The number of rotatable bonds is 8. The second kappa shape index (κ2) is 17.5. The summed E-state index contributed by atoms with van der Waals surface area (Å²) in [7, 11) is 0. The number of ketones is 1. The highest BCUT2D eigenvalue weighted by atomic mass is 35.5. The van der Waals surface area contributed by atoms with Crippen LogP contribution in [0.25, 0.3) is 11.1 Å². The fourth-order valence-electron chi connectivity index (χ4n) is 6.53. The van der Waals surface area contributed by atoms with E-state index in [1.807, 2.05) is 49.1 Å². The van der Waals surface area contributed by atoms with Crippen molar-refractivity contribution in [1.82, 2.24) is 20.1 Å². The van der Waals surface area contributed by atoms with Crippen LogP contribution >= 0.6 is 11.6 Å². The molecule has 3 heterocycles. The molecule has 0 saturated carbocycles. The predicted octanol–water partition coefficient (Wildman–Crippen LogP) is 5.39. The average Bonchev–Trinajstić information content (AvgIpc) is 3.58. The largest absolute Gasteiger partial charge is 0.424 e. The number of nitrogens with one attached hydrogen (secondary N) is 4. The molecule has 54 heavy (non-hydrogen) atoms. The van der Waals surface area contributed by atoms with E-state index in [2.05, 4.69) is 26.3 Å². The van der Waals surface area contributed by atoms with Gasteiger partial charge in [-0.3, -0.25) is 28.9 Å². The van der Waals surface area contributed by atoms with E-state index in [0.717, 1.165) is 5.56 Å². The normalized spacial score (nSPS) is 20.0. The SMILES string of the molecule is CC(C)C(Nc1nc2ccccc2o1)C(=O)N1CCN(Cc2ccc(Cl)cc2)[C@@H](C(=O)NC2/C=C/CCCCC(=O)Nc3ccccc3NC(=O)C2=O)C1. The monoisotopic (exact) mass is 753 g/mol. The van der Waals surface area contributed by atoms with Gasteiger partial charge in [0.15, 0.2) is 5.58 Å². The molecule has 6 rings (SSSR count). The van der Waals surface area contributed by atoms with Crippen molar-refractivity contribution in [2.24, 2.45) is 5.92 Å². The average molecular weight is 754 g/mol. The van der Waals surface area contributed by atoms with Crippen molar-refractivity contribution in [2.45, 2.75) is 64.2 Å². The molecule has 4 N–H and O–H groups in total. The molecule has 3 aromatic carbocycles. The zero-order chi connectivity index (χ0) is 38.2. The second-order valence-electron chi connectivity index (χ2n) is 13.8. The molecule has 3 atom stereocenters. The number of Topliss-reactive ketones (excluding diaryl/α,β-unsaturated/α-hetero) is 1. The van der Waals surface area contributed by atoms with Crippen LogP contribution in [0.2, 0.25) is 5.02 Å². The van der Waals surface area contributed by atoms with Gasteiger partial charge in [0.2, 0.25) is 23.5 Å². The van der Waals surface area contributed by atoms with E-state index in [4.69, 9.17) is 16.0 Å². The number of piperazine rings is 1. The standard InChI is InChI=1S/C40H44ClN7O6/c1-25(2)35(46-40-45-30-13-9-10-15-33(30)54-40)39(53)48-22-21-47(23-26-17-19-27(41)20-18-26)32(24-48)37(51)44-31-14-5-3-4-6-16-34(49)42-28-11-7-8-12-29(28)43-38(52)36(31)50/h5,7-15,17-20,25,31-32,35H,3-4,6,16,21-24H2,1-2H3,(H,42,49)(H,43,52)(H,44,51)(H,45,46)/b14-5+/t31?,32-,35?/m1/s1. The van der Waals surface area contributed by atoms with E-state index in [-0.39, 0.29) is 42.4 Å². The van der Waals surface area contributed by atoms with Gasteiger partial charge in [-0.2, -0.15) is 4.98 Å². The number of fused-ring (bicyclic) bond motifs is 2. The third-order valence-electron chi connectivity index (χ3n) is 9.52. The fourth-order valence-corrected chi connectivity index (χ4v) is 6.66. The van der Waals surface area contributed by atoms with Gasteiger partial charge < -0.3 is 30.6 Å². The number of benzene rings is 3. The molecule has 0 spiro atoms. The van der Waals surface area contributed by atoms with Crippen LogP contribution in [0.3, 0.4) is 0 Å². The van der Waals surface area contributed by atoms with Crippen molar-refractivity contribution in [2.75, 3.05) is 35.6 Å². The van der Waals surface area contributed by atoms with E-state index < -0.39 is 35.7 Å². The Kier molecular flexibility index (Phi) is 12.4. The molecule has 4 amide bonds.